The molecule has 15 atom stereocenters. The van der Waals surface area contributed by atoms with Gasteiger partial charge in [0.15, 0.2) is 18.7 Å². The number of ether oxygens (including phenoxy) is 10. The number of nitro benzene ring substituents is 1. The second kappa shape index (κ2) is 30.6. The number of methoxy groups -OCH3 is 3. The molecule has 0 radical (unpaired) electrons. The number of nitro groups is 1. The highest BCUT2D eigenvalue weighted by Crippen LogP contribution is 2.40. The highest BCUT2D eigenvalue weighted by atomic mass is 16.6. The van der Waals surface area contributed by atoms with Crippen molar-refractivity contribution < 1.29 is 68.7 Å². The van der Waals surface area contributed by atoms with E-state index in [1.807, 2.05) is 20.8 Å². The first-order valence-corrected chi connectivity index (χ1v) is 25.9. The Morgan fingerprint density at radius 3 is 1.20 bits per heavy atom. The molecule has 29 nitrogen and oxygen atoms in total. The van der Waals surface area contributed by atoms with E-state index in [0.717, 1.165) is 0 Å². The van der Waals surface area contributed by atoms with E-state index in [1.54, 1.807) is 55.8 Å². The summed E-state index contributed by atoms with van der Waals surface area (Å²) < 4.78 is 59.9. The molecule has 29 heteroatoms. The van der Waals surface area contributed by atoms with Crippen LogP contribution in [-0.4, -0.2) is 166 Å². The lowest BCUT2D eigenvalue weighted by Gasteiger charge is -2.24. The van der Waals surface area contributed by atoms with Crippen LogP contribution in [0.15, 0.2) is 71.6 Å². The number of hydrogen-bond acceptors (Lipinski definition) is 22. The summed E-state index contributed by atoms with van der Waals surface area (Å²) in [7, 11) is 4.68. The second-order valence-electron chi connectivity index (χ2n) is 19.9. The first kappa shape index (κ1) is 67.2. The van der Waals surface area contributed by atoms with Gasteiger partial charge in [0.2, 0.25) is 0 Å². The Balaban J connectivity index is 0.000000328. The smallest absolute Gasteiger partial charge is 0.338 e. The van der Waals surface area contributed by atoms with Crippen LogP contribution >= 0.6 is 0 Å². The monoisotopic (exact) mass is 1150 g/mol. The standard InChI is InChI=1S/C22H27N3O9.2C15H24N2O6.H3N.H2/c1-12-11-24(22(28)23-19(12)26)20-18(32-10-9-31-4)13(2)17(34-20)14(3)33-21(27)15-5-7-16(8-6-15)25(29)30;2*1-8-7-17(15(20)16-13(8)19)14-12(22-6-5-21-4)9(2)11(23-14)10(3)18;;/h5-8,11,13-14,17-18,20H,9-10H2,1-4H3,(H,23,26,28);2*7,9-12,14,18H,5-6H2,1-4H3,(H,16,19,20);1H3;1H/t13-,14+,17+,18-,20-;9-,10+,11+,12-,14-;9-,10-,11+,12-,14-;;/m111../s1. The summed E-state index contributed by atoms with van der Waals surface area (Å²) in [5, 5.41) is 30.6. The number of aliphatic hydroxyl groups is 2. The van der Waals surface area contributed by atoms with Crippen LogP contribution in [0, 0.1) is 48.6 Å². The van der Waals surface area contributed by atoms with Gasteiger partial charge in [0.25, 0.3) is 22.4 Å². The molecular weight excluding hydrogens is 1070 g/mol. The average Bonchev–Trinajstić information content (AvgIpc) is 4.06. The molecule has 1 aromatic carbocycles. The number of carbonyl (C=O) groups is 1. The topological polar surface area (TPSA) is 393 Å². The SMILES string of the molecule is COCCO[C@@H]1[C@H](C)[C@@H]([C@@H](C)O)O[C@H]1n1cc(C)c(=O)[nH]c1=O.COCCO[C@@H]1[C@H](C)[C@@H]([C@H](C)O)O[C@H]1n1cc(C)c(=O)[nH]c1=O.COCCO[C@@H]1[C@H](C)[C@@H]([C@H](C)OC(=O)c2ccc([N+](=O)[O-])cc2)O[C@H]1n1cc(C)c(=O)[nH]c1=O.N.[HH]. The maximum atomic E-state index is 12.6. The first-order chi connectivity index (χ1) is 37.9. The number of aliphatic hydroxyl groups excluding tert-OH is 2. The third-order valence-electron chi connectivity index (χ3n) is 13.9. The molecule has 0 spiro atoms. The van der Waals surface area contributed by atoms with Crippen LogP contribution in [0.25, 0.3) is 0 Å². The van der Waals surface area contributed by atoms with Crippen LogP contribution < -0.4 is 39.9 Å². The second-order valence-corrected chi connectivity index (χ2v) is 19.9. The molecule has 0 bridgehead atoms. The number of nitrogens with one attached hydrogen (secondary N) is 3. The molecule has 4 aromatic rings. The number of esters is 1. The van der Waals surface area contributed by atoms with Crippen LogP contribution in [0.3, 0.4) is 0 Å². The Morgan fingerprint density at radius 1 is 0.593 bits per heavy atom. The van der Waals surface area contributed by atoms with E-state index in [-0.39, 0.29) is 43.2 Å². The fraction of sp³-hybridized carbons (Fsp3) is 0.635. The number of non-ortho nitro benzene ring substituents is 1. The molecule has 81 heavy (non-hydrogen) atoms. The van der Waals surface area contributed by atoms with Gasteiger partial charge in [-0.15, -0.1) is 0 Å². The Kier molecular flexibility index (Phi) is 25.4. The fourth-order valence-electron chi connectivity index (χ4n) is 9.60. The van der Waals surface area contributed by atoms with Crippen LogP contribution in [0.2, 0.25) is 0 Å². The number of H-pyrrole nitrogens is 3. The highest BCUT2D eigenvalue weighted by molar-refractivity contribution is 5.89. The van der Waals surface area contributed by atoms with Gasteiger partial charge in [-0.2, -0.15) is 0 Å². The molecule has 0 aliphatic carbocycles. The van der Waals surface area contributed by atoms with Crippen molar-refractivity contribution in [2.45, 2.75) is 136 Å². The van der Waals surface area contributed by atoms with Gasteiger partial charge in [-0.3, -0.25) is 53.2 Å². The summed E-state index contributed by atoms with van der Waals surface area (Å²) in [6, 6.07) is 5.07. The molecule has 454 valence electrons. The van der Waals surface area contributed by atoms with E-state index in [2.05, 4.69) is 15.0 Å². The number of carbonyl (C=O) groups excluding carboxylic acids is 1. The molecule has 0 unspecified atom stereocenters. The van der Waals surface area contributed by atoms with E-state index < -0.39 is 118 Å². The molecule has 3 aliphatic heterocycles. The maximum Gasteiger partial charge on any atom is 0.338 e. The number of aromatic amines is 3. The lowest BCUT2D eigenvalue weighted by Crippen LogP contribution is -2.38. The number of aryl methyl sites for hydroxylation is 3. The molecule has 6 heterocycles. The zero-order chi connectivity index (χ0) is 59.3. The Hall–Kier alpha value is -6.35. The third-order valence-corrected chi connectivity index (χ3v) is 13.9. The number of benzene rings is 1. The number of hydrogen-bond donors (Lipinski definition) is 6. The van der Waals surface area contributed by atoms with Crippen molar-refractivity contribution in [2.24, 2.45) is 17.8 Å². The van der Waals surface area contributed by atoms with Gasteiger partial charge < -0.3 is 63.7 Å². The minimum Gasteiger partial charge on any atom is -0.456 e. The quantitative estimate of drug-likeness (QED) is 0.0298. The number of aromatic nitrogens is 6. The molecule has 3 aromatic heterocycles. The summed E-state index contributed by atoms with van der Waals surface area (Å²) >= 11 is 0. The van der Waals surface area contributed by atoms with Crippen molar-refractivity contribution in [2.75, 3.05) is 61.0 Å². The molecule has 7 rings (SSSR count). The summed E-state index contributed by atoms with van der Waals surface area (Å²) in [6.07, 6.45) is -3.19. The zero-order valence-electron chi connectivity index (χ0n) is 47.6. The van der Waals surface area contributed by atoms with Gasteiger partial charge in [0.1, 0.15) is 30.5 Å². The number of nitrogens with zero attached hydrogens (tertiary/aromatic N) is 4. The Morgan fingerprint density at radius 2 is 0.901 bits per heavy atom. The van der Waals surface area contributed by atoms with Crippen molar-refractivity contribution in [3.8, 4) is 0 Å². The summed E-state index contributed by atoms with van der Waals surface area (Å²) in [5.74, 6) is -1.23. The molecule has 0 amide bonds. The van der Waals surface area contributed by atoms with Crippen LogP contribution in [-0.2, 0) is 47.4 Å². The molecule has 0 saturated carbocycles. The maximum absolute atomic E-state index is 12.6. The van der Waals surface area contributed by atoms with Crippen LogP contribution in [0.4, 0.5) is 5.69 Å². The van der Waals surface area contributed by atoms with Gasteiger partial charge in [-0.25, -0.2) is 19.2 Å². The first-order valence-electron chi connectivity index (χ1n) is 25.9. The van der Waals surface area contributed by atoms with E-state index in [1.165, 1.54) is 63.7 Å². The van der Waals surface area contributed by atoms with Crippen molar-refractivity contribution in [3.63, 3.8) is 0 Å². The van der Waals surface area contributed by atoms with E-state index in [0.29, 0.717) is 49.7 Å². The fourth-order valence-corrected chi connectivity index (χ4v) is 9.60. The Bertz CT molecular complexity index is 2940. The van der Waals surface area contributed by atoms with Crippen molar-refractivity contribution in [1.82, 2.24) is 34.8 Å². The van der Waals surface area contributed by atoms with Gasteiger partial charge >= 0.3 is 23.0 Å². The van der Waals surface area contributed by atoms with Gasteiger partial charge in [0, 0.05) is 87.9 Å². The summed E-state index contributed by atoms with van der Waals surface area (Å²) in [6.45, 7) is 17.4. The predicted molar refractivity (Wildman–Crippen MR) is 291 cm³/mol. The van der Waals surface area contributed by atoms with Crippen LogP contribution in [0.1, 0.15) is 88.7 Å². The molecule has 3 fully saturated rings. The van der Waals surface area contributed by atoms with Gasteiger partial charge in [-0.1, -0.05) is 20.8 Å². The van der Waals surface area contributed by atoms with Crippen LogP contribution in [0.5, 0.6) is 0 Å². The normalized spacial score (nSPS) is 26.0. The minimum absolute atomic E-state index is 0. The van der Waals surface area contributed by atoms with Gasteiger partial charge in [0.05, 0.1) is 74.5 Å². The zero-order valence-corrected chi connectivity index (χ0v) is 47.6. The molecular formula is C52H80N8O21. The molecule has 3 saturated heterocycles. The van der Waals surface area contributed by atoms with E-state index >= 15 is 0 Å². The van der Waals surface area contributed by atoms with Crippen molar-refractivity contribution in [3.05, 3.63) is 138 Å². The van der Waals surface area contributed by atoms with Crippen molar-refractivity contribution in [1.29, 1.82) is 0 Å². The predicted octanol–water partition coefficient (Wildman–Crippen LogP) is 1.55. The summed E-state index contributed by atoms with van der Waals surface area (Å²) in [4.78, 5) is 101. The lowest BCUT2D eigenvalue weighted by atomic mass is 9.96. The number of rotatable bonds is 21. The molecule has 8 N–H and O–H groups in total. The van der Waals surface area contributed by atoms with E-state index in [4.69, 9.17) is 47.4 Å². The largest absolute Gasteiger partial charge is 0.456 e. The van der Waals surface area contributed by atoms with E-state index in [9.17, 15) is 53.9 Å². The lowest BCUT2D eigenvalue weighted by molar-refractivity contribution is -0.384. The molecule has 3 aliphatic rings. The van der Waals surface area contributed by atoms with Gasteiger partial charge in [-0.05, 0) is 53.7 Å². The average molecular weight is 1150 g/mol. The summed E-state index contributed by atoms with van der Waals surface area (Å²) in [5.41, 5.74) is -1.99. The third kappa shape index (κ3) is 16.7. The van der Waals surface area contributed by atoms with Crippen molar-refractivity contribution >= 4 is 11.7 Å². The Labute approximate surface area is 466 Å². The minimum atomic E-state index is -0.875. The highest BCUT2D eigenvalue weighted by Gasteiger charge is 2.49.